The SMILES string of the molecule is Cc1cc(C)cc(N=C(N)N)c1. The van der Waals surface area contributed by atoms with Crippen LogP contribution in [0.25, 0.3) is 0 Å². The summed E-state index contributed by atoms with van der Waals surface area (Å²) in [5, 5.41) is 0. The highest BCUT2D eigenvalue weighted by Crippen LogP contribution is 2.16. The molecule has 0 aliphatic rings. The molecular formula is C9H13N3. The Bertz CT molecular complexity index is 291. The Hall–Kier alpha value is -1.51. The van der Waals surface area contributed by atoms with Crippen LogP contribution in [0, 0.1) is 13.8 Å². The van der Waals surface area contributed by atoms with E-state index in [4.69, 9.17) is 11.5 Å². The molecule has 0 amide bonds. The van der Waals surface area contributed by atoms with Crippen LogP contribution in [0.2, 0.25) is 0 Å². The normalized spacial score (nSPS) is 9.50. The van der Waals surface area contributed by atoms with Gasteiger partial charge in [-0.1, -0.05) is 6.07 Å². The van der Waals surface area contributed by atoms with E-state index in [1.54, 1.807) is 0 Å². The largest absolute Gasteiger partial charge is 0.370 e. The Kier molecular flexibility index (Phi) is 2.33. The van der Waals surface area contributed by atoms with Crippen LogP contribution >= 0.6 is 0 Å². The number of aliphatic imine (C=N–C) groups is 1. The summed E-state index contributed by atoms with van der Waals surface area (Å²) in [6, 6.07) is 5.95. The second-order valence-corrected chi connectivity index (χ2v) is 2.88. The molecule has 0 atom stereocenters. The maximum absolute atomic E-state index is 5.25. The third-order valence-electron chi connectivity index (χ3n) is 1.46. The number of benzene rings is 1. The molecule has 1 aromatic carbocycles. The molecule has 0 aromatic heterocycles. The number of aryl methyl sites for hydroxylation is 2. The fourth-order valence-corrected chi connectivity index (χ4v) is 1.16. The van der Waals surface area contributed by atoms with Crippen molar-refractivity contribution in [2.45, 2.75) is 13.8 Å². The predicted octanol–water partition coefficient (Wildman–Crippen LogP) is 1.21. The minimum Gasteiger partial charge on any atom is -0.370 e. The van der Waals surface area contributed by atoms with Crippen LogP contribution in [0.4, 0.5) is 5.69 Å². The maximum atomic E-state index is 5.25. The van der Waals surface area contributed by atoms with Crippen molar-refractivity contribution in [1.82, 2.24) is 0 Å². The topological polar surface area (TPSA) is 64.4 Å². The van der Waals surface area contributed by atoms with E-state index >= 15 is 0 Å². The highest BCUT2D eigenvalue weighted by molar-refractivity contribution is 5.79. The average Bonchev–Trinajstić information content (AvgIpc) is 1.81. The standard InChI is InChI=1S/C9H13N3/c1-6-3-7(2)5-8(4-6)12-9(10)11/h3-5H,1-2H3,(H4,10,11,12). The Labute approximate surface area is 72.1 Å². The van der Waals surface area contributed by atoms with Crippen LogP contribution in [-0.2, 0) is 0 Å². The Balaban J connectivity index is 3.09. The van der Waals surface area contributed by atoms with Gasteiger partial charge in [-0.05, 0) is 37.1 Å². The number of nitrogens with zero attached hydrogens (tertiary/aromatic N) is 1. The van der Waals surface area contributed by atoms with Gasteiger partial charge in [0.15, 0.2) is 5.96 Å². The van der Waals surface area contributed by atoms with Gasteiger partial charge in [0, 0.05) is 0 Å². The van der Waals surface area contributed by atoms with Crippen molar-refractivity contribution in [1.29, 1.82) is 0 Å². The molecular weight excluding hydrogens is 150 g/mol. The average molecular weight is 163 g/mol. The van der Waals surface area contributed by atoms with Crippen LogP contribution in [0.3, 0.4) is 0 Å². The number of guanidine groups is 1. The fraction of sp³-hybridized carbons (Fsp3) is 0.222. The number of rotatable bonds is 1. The minimum atomic E-state index is 0.0972. The molecule has 4 N–H and O–H groups in total. The van der Waals surface area contributed by atoms with Crippen molar-refractivity contribution in [3.63, 3.8) is 0 Å². The molecule has 0 bridgehead atoms. The van der Waals surface area contributed by atoms with E-state index in [1.165, 1.54) is 0 Å². The zero-order valence-corrected chi connectivity index (χ0v) is 7.33. The lowest BCUT2D eigenvalue weighted by Gasteiger charge is -1.99. The quantitative estimate of drug-likeness (QED) is 0.482. The molecule has 0 aliphatic carbocycles. The monoisotopic (exact) mass is 163 g/mol. The molecule has 1 aromatic rings. The van der Waals surface area contributed by atoms with Gasteiger partial charge in [0.2, 0.25) is 0 Å². The molecule has 0 heterocycles. The third kappa shape index (κ3) is 2.27. The van der Waals surface area contributed by atoms with Crippen molar-refractivity contribution in [3.05, 3.63) is 29.3 Å². The van der Waals surface area contributed by atoms with Gasteiger partial charge >= 0.3 is 0 Å². The Morgan fingerprint density at radius 1 is 1.08 bits per heavy atom. The molecule has 0 radical (unpaired) electrons. The molecule has 0 fully saturated rings. The van der Waals surface area contributed by atoms with E-state index in [0.29, 0.717) is 0 Å². The van der Waals surface area contributed by atoms with Crippen LogP contribution in [0.15, 0.2) is 23.2 Å². The van der Waals surface area contributed by atoms with Gasteiger partial charge in [0.1, 0.15) is 0 Å². The molecule has 0 aliphatic heterocycles. The van der Waals surface area contributed by atoms with E-state index in [9.17, 15) is 0 Å². The zero-order valence-electron chi connectivity index (χ0n) is 7.33. The second-order valence-electron chi connectivity index (χ2n) is 2.88. The number of hydrogen-bond donors (Lipinski definition) is 2. The number of nitrogens with two attached hydrogens (primary N) is 2. The highest BCUT2D eigenvalue weighted by atomic mass is 15.0. The summed E-state index contributed by atoms with van der Waals surface area (Å²) in [5.74, 6) is 0.0972. The first-order chi connectivity index (χ1) is 5.58. The van der Waals surface area contributed by atoms with E-state index in [0.717, 1.165) is 16.8 Å². The molecule has 0 spiro atoms. The van der Waals surface area contributed by atoms with Gasteiger partial charge < -0.3 is 11.5 Å². The maximum Gasteiger partial charge on any atom is 0.191 e. The summed E-state index contributed by atoms with van der Waals surface area (Å²) >= 11 is 0. The van der Waals surface area contributed by atoms with Gasteiger partial charge in [0.05, 0.1) is 5.69 Å². The fourth-order valence-electron chi connectivity index (χ4n) is 1.16. The van der Waals surface area contributed by atoms with Gasteiger partial charge in [-0.3, -0.25) is 0 Å². The summed E-state index contributed by atoms with van der Waals surface area (Å²) in [6.07, 6.45) is 0. The molecule has 3 nitrogen and oxygen atoms in total. The van der Waals surface area contributed by atoms with Gasteiger partial charge in [0.25, 0.3) is 0 Å². The Morgan fingerprint density at radius 2 is 1.58 bits per heavy atom. The van der Waals surface area contributed by atoms with Gasteiger partial charge in [-0.15, -0.1) is 0 Å². The molecule has 1 rings (SSSR count). The van der Waals surface area contributed by atoms with Crippen molar-refractivity contribution in [2.75, 3.05) is 0 Å². The molecule has 12 heavy (non-hydrogen) atoms. The van der Waals surface area contributed by atoms with Crippen LogP contribution in [0.1, 0.15) is 11.1 Å². The zero-order chi connectivity index (χ0) is 9.14. The second kappa shape index (κ2) is 3.26. The molecule has 0 unspecified atom stereocenters. The van der Waals surface area contributed by atoms with Crippen molar-refractivity contribution in [2.24, 2.45) is 16.5 Å². The van der Waals surface area contributed by atoms with Crippen LogP contribution in [-0.4, -0.2) is 5.96 Å². The summed E-state index contributed by atoms with van der Waals surface area (Å²) in [4.78, 5) is 3.95. The summed E-state index contributed by atoms with van der Waals surface area (Å²) in [5.41, 5.74) is 13.6. The molecule has 0 saturated heterocycles. The Morgan fingerprint density at radius 3 is 2.00 bits per heavy atom. The van der Waals surface area contributed by atoms with Gasteiger partial charge in [-0.25, -0.2) is 4.99 Å². The third-order valence-corrected chi connectivity index (χ3v) is 1.46. The highest BCUT2D eigenvalue weighted by Gasteiger charge is 1.93. The van der Waals surface area contributed by atoms with E-state index in [-0.39, 0.29) is 5.96 Å². The van der Waals surface area contributed by atoms with E-state index in [1.807, 2.05) is 26.0 Å². The minimum absolute atomic E-state index is 0.0972. The van der Waals surface area contributed by atoms with Crippen LogP contribution < -0.4 is 11.5 Å². The first kappa shape index (κ1) is 8.59. The van der Waals surface area contributed by atoms with Crippen LogP contribution in [0.5, 0.6) is 0 Å². The molecule has 64 valence electrons. The molecule has 0 saturated carbocycles. The van der Waals surface area contributed by atoms with Crippen molar-refractivity contribution < 1.29 is 0 Å². The first-order valence-corrected chi connectivity index (χ1v) is 3.76. The van der Waals surface area contributed by atoms with Crippen molar-refractivity contribution in [3.8, 4) is 0 Å². The smallest absolute Gasteiger partial charge is 0.191 e. The summed E-state index contributed by atoms with van der Waals surface area (Å²) < 4.78 is 0. The van der Waals surface area contributed by atoms with E-state index < -0.39 is 0 Å². The van der Waals surface area contributed by atoms with E-state index in [2.05, 4.69) is 11.1 Å². The molecule has 3 heteroatoms. The summed E-state index contributed by atoms with van der Waals surface area (Å²) in [6.45, 7) is 4.03. The van der Waals surface area contributed by atoms with Gasteiger partial charge in [-0.2, -0.15) is 0 Å². The lowest BCUT2D eigenvalue weighted by molar-refractivity contribution is 1.34. The predicted molar refractivity (Wildman–Crippen MR) is 51.4 cm³/mol. The number of hydrogen-bond acceptors (Lipinski definition) is 1. The summed E-state index contributed by atoms with van der Waals surface area (Å²) in [7, 11) is 0. The lowest BCUT2D eigenvalue weighted by Crippen LogP contribution is -2.21. The lowest BCUT2D eigenvalue weighted by atomic mass is 10.1. The first-order valence-electron chi connectivity index (χ1n) is 3.76. The van der Waals surface area contributed by atoms with Crippen molar-refractivity contribution >= 4 is 11.6 Å².